The Morgan fingerprint density at radius 2 is 0.528 bits per heavy atom. The van der Waals surface area contributed by atoms with E-state index in [4.69, 9.17) is 9.84 Å². The van der Waals surface area contributed by atoms with Crippen molar-refractivity contribution in [1.29, 1.82) is 0 Å². The van der Waals surface area contributed by atoms with Crippen molar-refractivity contribution in [3.63, 3.8) is 0 Å². The van der Waals surface area contributed by atoms with Gasteiger partial charge in [-0.15, -0.1) is 0 Å². The van der Waals surface area contributed by atoms with Gasteiger partial charge in [-0.2, -0.15) is 23.5 Å². The maximum atomic E-state index is 9.37. The van der Waals surface area contributed by atoms with Crippen LogP contribution in [0.3, 0.4) is 0 Å². The molecule has 0 aromatic heterocycles. The first-order valence-corrected chi connectivity index (χ1v) is 35.4. The minimum atomic E-state index is -0.745. The van der Waals surface area contributed by atoms with E-state index in [1.54, 1.807) is 6.92 Å². The standard InChI is InChI=1S/C64H130OS2.C3H6O2/c1-7-9-11-13-15-17-19-25-31-37-43-49-59-66-63(53-47-41-35-29-23-21-27-33-39-45-51-61(3)4)55-57-65-58-56-64(54-48-42-36-30-24-22-28-34-40-46-52-62(5)6)67-60-50-44-38-32-26-20-18-16-14-12-10-8-2;1-2-3(4)5/h61-64H,7-60H2,1-6H3;2H2,1H3,(H,4,5). The van der Waals surface area contributed by atoms with Gasteiger partial charge >= 0.3 is 5.97 Å². The van der Waals surface area contributed by atoms with Crippen molar-refractivity contribution < 1.29 is 14.6 Å². The van der Waals surface area contributed by atoms with Crippen LogP contribution in [0.1, 0.15) is 376 Å². The average molecular weight is 1050 g/mol. The summed E-state index contributed by atoms with van der Waals surface area (Å²) in [5, 5.41) is 9.33. The van der Waals surface area contributed by atoms with Crippen LogP contribution >= 0.6 is 23.5 Å². The van der Waals surface area contributed by atoms with Crippen molar-refractivity contribution in [1.82, 2.24) is 0 Å². The Labute approximate surface area is 464 Å². The summed E-state index contributed by atoms with van der Waals surface area (Å²) in [5.74, 6) is 3.75. The third-order valence-electron chi connectivity index (χ3n) is 15.3. The summed E-state index contributed by atoms with van der Waals surface area (Å²) >= 11 is 4.64. The van der Waals surface area contributed by atoms with E-state index < -0.39 is 5.97 Å². The normalized spacial score (nSPS) is 12.5. The molecule has 0 heterocycles. The molecule has 72 heavy (non-hydrogen) atoms. The van der Waals surface area contributed by atoms with Gasteiger partial charge in [0.2, 0.25) is 0 Å². The summed E-state index contributed by atoms with van der Waals surface area (Å²) in [7, 11) is 0. The molecular weight excluding hydrogens is 917 g/mol. The molecule has 434 valence electrons. The second kappa shape index (κ2) is 65.4. The van der Waals surface area contributed by atoms with Gasteiger partial charge in [-0.25, -0.2) is 0 Å². The highest BCUT2D eigenvalue weighted by atomic mass is 32.2. The van der Waals surface area contributed by atoms with E-state index >= 15 is 0 Å². The molecule has 0 aliphatic carbocycles. The Morgan fingerprint density at radius 1 is 0.319 bits per heavy atom. The number of carbonyl (C=O) groups is 1. The van der Waals surface area contributed by atoms with Gasteiger partial charge in [-0.3, -0.25) is 4.79 Å². The molecule has 0 amide bonds. The molecule has 2 unspecified atom stereocenters. The number of carboxylic acid groups (broad SMARTS) is 1. The van der Waals surface area contributed by atoms with Gasteiger partial charge in [0.05, 0.1) is 0 Å². The monoisotopic (exact) mass is 1050 g/mol. The minimum absolute atomic E-state index is 0.222. The molecule has 3 nitrogen and oxygen atoms in total. The van der Waals surface area contributed by atoms with E-state index in [0.29, 0.717) is 0 Å². The third-order valence-corrected chi connectivity index (χ3v) is 18.2. The molecule has 0 aromatic carbocycles. The fourth-order valence-corrected chi connectivity index (χ4v) is 12.8. The second-order valence-corrected chi connectivity index (χ2v) is 26.5. The number of carboxylic acids is 1. The van der Waals surface area contributed by atoms with Crippen LogP contribution in [-0.2, 0) is 9.53 Å². The molecule has 0 aliphatic heterocycles. The van der Waals surface area contributed by atoms with Gasteiger partial charge in [0, 0.05) is 30.1 Å². The first-order valence-electron chi connectivity index (χ1n) is 33.3. The maximum absolute atomic E-state index is 9.37. The molecule has 0 aromatic rings. The molecule has 5 heteroatoms. The molecule has 2 atom stereocenters. The average Bonchev–Trinajstić information content (AvgIpc) is 3.36. The highest BCUT2D eigenvalue weighted by molar-refractivity contribution is 8.00. The molecule has 0 fully saturated rings. The van der Waals surface area contributed by atoms with Gasteiger partial charge in [-0.05, 0) is 61.9 Å². The Morgan fingerprint density at radius 3 is 0.750 bits per heavy atom. The zero-order chi connectivity index (χ0) is 52.9. The molecule has 0 saturated carbocycles. The Hall–Kier alpha value is 0.130. The third kappa shape index (κ3) is 68.1. The zero-order valence-electron chi connectivity index (χ0n) is 50.8. The van der Waals surface area contributed by atoms with E-state index in [1.807, 2.05) is 0 Å². The van der Waals surface area contributed by atoms with Crippen molar-refractivity contribution >= 4 is 29.5 Å². The zero-order valence-corrected chi connectivity index (χ0v) is 52.4. The predicted molar refractivity (Wildman–Crippen MR) is 333 cm³/mol. The van der Waals surface area contributed by atoms with Crippen molar-refractivity contribution in [2.24, 2.45) is 11.8 Å². The maximum Gasteiger partial charge on any atom is 0.303 e. The van der Waals surface area contributed by atoms with Crippen molar-refractivity contribution in [2.45, 2.75) is 386 Å². The quantitative estimate of drug-likeness (QED) is 0.0615. The highest BCUT2D eigenvalue weighted by Crippen LogP contribution is 2.27. The smallest absolute Gasteiger partial charge is 0.303 e. The predicted octanol–water partition coefficient (Wildman–Crippen LogP) is 24.5. The van der Waals surface area contributed by atoms with E-state index in [2.05, 4.69) is 65.1 Å². The Bertz CT molecular complexity index is 905. The molecule has 0 bridgehead atoms. The summed E-state index contributed by atoms with van der Waals surface area (Å²) in [5.41, 5.74) is 0. The van der Waals surface area contributed by atoms with Crippen molar-refractivity contribution in [3.05, 3.63) is 0 Å². The lowest BCUT2D eigenvalue weighted by Gasteiger charge is -2.19. The number of aliphatic carboxylic acids is 1. The highest BCUT2D eigenvalue weighted by Gasteiger charge is 2.13. The number of unbranched alkanes of at least 4 members (excludes halogenated alkanes) is 40. The van der Waals surface area contributed by atoms with Gasteiger partial charge in [0.15, 0.2) is 0 Å². The van der Waals surface area contributed by atoms with E-state index in [9.17, 15) is 4.79 Å². The first kappa shape index (κ1) is 74.2. The summed E-state index contributed by atoms with van der Waals surface area (Å²) in [4.78, 5) is 9.37. The largest absolute Gasteiger partial charge is 0.481 e. The minimum Gasteiger partial charge on any atom is -0.481 e. The fourth-order valence-electron chi connectivity index (χ4n) is 10.2. The molecule has 0 rings (SSSR count). The summed E-state index contributed by atoms with van der Waals surface area (Å²) in [6, 6.07) is 0. The molecule has 0 aliphatic rings. The molecule has 0 saturated heterocycles. The summed E-state index contributed by atoms with van der Waals surface area (Å²) in [6.45, 7) is 17.7. The SMILES string of the molecule is CCC(=O)O.CCCCCCCCCCCCCCSC(CCCCCCCCCCCCC(C)C)CCOCCC(CCCCCCCCCCCCC(C)C)SCCCCCCCCCCCCCC. The van der Waals surface area contributed by atoms with Crippen LogP contribution in [0.5, 0.6) is 0 Å². The van der Waals surface area contributed by atoms with Crippen LogP contribution in [-0.4, -0.2) is 46.3 Å². The number of hydrogen-bond donors (Lipinski definition) is 1. The van der Waals surface area contributed by atoms with Gasteiger partial charge < -0.3 is 9.84 Å². The van der Waals surface area contributed by atoms with Crippen LogP contribution < -0.4 is 0 Å². The number of ether oxygens (including phenoxy) is 1. The molecule has 0 radical (unpaired) electrons. The van der Waals surface area contributed by atoms with E-state index in [-0.39, 0.29) is 6.42 Å². The lowest BCUT2D eigenvalue weighted by atomic mass is 10.0. The lowest BCUT2D eigenvalue weighted by molar-refractivity contribution is -0.136. The molecular formula is C67H136O3S2. The number of hydrogen-bond acceptors (Lipinski definition) is 4. The van der Waals surface area contributed by atoms with Crippen LogP contribution in [0.25, 0.3) is 0 Å². The van der Waals surface area contributed by atoms with Gasteiger partial charge in [0.25, 0.3) is 0 Å². The van der Waals surface area contributed by atoms with Crippen LogP contribution in [0.2, 0.25) is 0 Å². The van der Waals surface area contributed by atoms with Crippen LogP contribution in [0.4, 0.5) is 0 Å². The molecule has 1 N–H and O–H groups in total. The Balaban J connectivity index is 0. The number of thioether (sulfide) groups is 2. The van der Waals surface area contributed by atoms with Crippen molar-refractivity contribution in [3.8, 4) is 0 Å². The molecule has 0 spiro atoms. The van der Waals surface area contributed by atoms with Crippen LogP contribution in [0.15, 0.2) is 0 Å². The van der Waals surface area contributed by atoms with Gasteiger partial charge in [0.1, 0.15) is 0 Å². The summed E-state index contributed by atoms with van der Waals surface area (Å²) in [6.07, 6.45) is 72.3. The summed E-state index contributed by atoms with van der Waals surface area (Å²) < 4.78 is 6.54. The first-order chi connectivity index (χ1) is 35.3. The topological polar surface area (TPSA) is 46.5 Å². The van der Waals surface area contributed by atoms with E-state index in [1.165, 1.54) is 333 Å². The van der Waals surface area contributed by atoms with Crippen molar-refractivity contribution in [2.75, 3.05) is 24.7 Å². The lowest BCUT2D eigenvalue weighted by Crippen LogP contribution is -2.12. The Kier molecular flexibility index (Phi) is 67.4. The number of rotatable bonds is 61. The van der Waals surface area contributed by atoms with Gasteiger partial charge in [-0.1, -0.05) is 331 Å². The van der Waals surface area contributed by atoms with Crippen LogP contribution in [0, 0.1) is 11.8 Å². The second-order valence-electron chi connectivity index (χ2n) is 23.7. The fraction of sp³-hybridized carbons (Fsp3) is 0.985. The van der Waals surface area contributed by atoms with E-state index in [0.717, 1.165) is 35.5 Å².